The van der Waals surface area contributed by atoms with Crippen molar-refractivity contribution in [2.24, 2.45) is 0 Å². The summed E-state index contributed by atoms with van der Waals surface area (Å²) >= 11 is 0. The van der Waals surface area contributed by atoms with Crippen LogP contribution in [0.25, 0.3) is 0 Å². The van der Waals surface area contributed by atoms with Crippen LogP contribution in [0.3, 0.4) is 0 Å². The van der Waals surface area contributed by atoms with Gasteiger partial charge in [-0.3, -0.25) is 0 Å². The number of rotatable bonds is 6. The molecule has 0 spiro atoms. The third kappa shape index (κ3) is 5.54. The molecular weight excluding hydrogens is 345 g/mol. The number of sulfonamides is 1. The van der Waals surface area contributed by atoms with Crippen molar-refractivity contribution >= 4 is 21.7 Å². The van der Waals surface area contributed by atoms with Crippen LogP contribution in [0.15, 0.2) is 53.4 Å². The molecule has 0 aromatic heterocycles. The lowest BCUT2D eigenvalue weighted by Crippen LogP contribution is -2.34. The molecule has 134 valence electrons. The Balaban J connectivity index is 1.98. The van der Waals surface area contributed by atoms with Crippen molar-refractivity contribution in [3.63, 3.8) is 0 Å². The summed E-state index contributed by atoms with van der Waals surface area (Å²) in [6.45, 7) is 3.71. The third-order valence-electron chi connectivity index (χ3n) is 3.22. The van der Waals surface area contributed by atoms with E-state index in [1.54, 1.807) is 24.3 Å². The fourth-order valence-corrected chi connectivity index (χ4v) is 3.15. The van der Waals surface area contributed by atoms with Crippen LogP contribution in [0.4, 0.5) is 14.9 Å². The zero-order valence-electron chi connectivity index (χ0n) is 13.9. The minimum Gasteiger partial charge on any atom is -0.336 e. The molecule has 0 heterocycles. The van der Waals surface area contributed by atoms with Crippen molar-refractivity contribution in [3.8, 4) is 0 Å². The monoisotopic (exact) mass is 365 g/mol. The molecule has 25 heavy (non-hydrogen) atoms. The Bertz CT molecular complexity index is 836. The van der Waals surface area contributed by atoms with E-state index in [9.17, 15) is 17.6 Å². The number of hydrogen-bond acceptors (Lipinski definition) is 3. The highest BCUT2D eigenvalue weighted by Gasteiger charge is 2.17. The lowest BCUT2D eigenvalue weighted by Gasteiger charge is -2.11. The lowest BCUT2D eigenvalue weighted by atomic mass is 10.2. The molecule has 0 radical (unpaired) electrons. The van der Waals surface area contributed by atoms with Crippen LogP contribution in [0.1, 0.15) is 19.4 Å². The Morgan fingerprint density at radius 2 is 1.72 bits per heavy atom. The predicted molar refractivity (Wildman–Crippen MR) is 94.2 cm³/mol. The number of carbonyl (C=O) groups excluding carboxylic acids is 1. The molecule has 0 saturated heterocycles. The molecule has 0 unspecified atom stereocenters. The molecule has 2 aromatic carbocycles. The Morgan fingerprint density at radius 3 is 2.32 bits per heavy atom. The van der Waals surface area contributed by atoms with Gasteiger partial charge < -0.3 is 10.6 Å². The highest BCUT2D eigenvalue weighted by atomic mass is 32.2. The molecule has 0 aliphatic carbocycles. The van der Waals surface area contributed by atoms with E-state index < -0.39 is 20.7 Å². The number of nitrogens with one attached hydrogen (secondary N) is 3. The first-order valence-electron chi connectivity index (χ1n) is 7.68. The van der Waals surface area contributed by atoms with Gasteiger partial charge in [0.05, 0.1) is 0 Å². The maximum atomic E-state index is 13.6. The van der Waals surface area contributed by atoms with Crippen LogP contribution in [-0.2, 0) is 16.6 Å². The average molecular weight is 365 g/mol. The number of urea groups is 1. The van der Waals surface area contributed by atoms with Crippen LogP contribution in [0.2, 0.25) is 0 Å². The molecule has 8 heteroatoms. The Labute approximate surface area is 146 Å². The van der Waals surface area contributed by atoms with Crippen molar-refractivity contribution in [2.45, 2.75) is 31.3 Å². The van der Waals surface area contributed by atoms with E-state index >= 15 is 0 Å². The van der Waals surface area contributed by atoms with Gasteiger partial charge in [0.25, 0.3) is 0 Å². The Kier molecular flexibility index (Phi) is 6.11. The molecule has 6 nitrogen and oxygen atoms in total. The zero-order valence-corrected chi connectivity index (χ0v) is 14.7. The molecule has 0 aliphatic heterocycles. The first kappa shape index (κ1) is 18.9. The smallest absolute Gasteiger partial charge is 0.319 e. The van der Waals surface area contributed by atoms with Gasteiger partial charge in [-0.2, -0.15) is 0 Å². The summed E-state index contributed by atoms with van der Waals surface area (Å²) in [6, 6.07) is 11.6. The standard InChI is InChI=1S/C17H20FN3O3S/c1-12(2)20-17(22)21-14-9-7-13(8-10-14)11-19-25(23,24)16-6-4-3-5-15(16)18/h3-10,12,19H,11H2,1-2H3,(H2,20,21,22). The largest absolute Gasteiger partial charge is 0.336 e. The van der Waals surface area contributed by atoms with Gasteiger partial charge in [-0.05, 0) is 43.7 Å². The van der Waals surface area contributed by atoms with Crippen molar-refractivity contribution < 1.29 is 17.6 Å². The van der Waals surface area contributed by atoms with Crippen LogP contribution in [-0.4, -0.2) is 20.5 Å². The maximum absolute atomic E-state index is 13.6. The zero-order chi connectivity index (χ0) is 18.4. The van der Waals surface area contributed by atoms with Crippen LogP contribution in [0, 0.1) is 5.82 Å². The van der Waals surface area contributed by atoms with Gasteiger partial charge >= 0.3 is 6.03 Å². The molecule has 0 aliphatic rings. The molecule has 0 fully saturated rings. The topological polar surface area (TPSA) is 87.3 Å². The van der Waals surface area contributed by atoms with Crippen LogP contribution >= 0.6 is 0 Å². The molecule has 2 rings (SSSR count). The van der Waals surface area contributed by atoms with E-state index in [-0.39, 0.29) is 18.6 Å². The second kappa shape index (κ2) is 8.09. The molecule has 3 N–H and O–H groups in total. The summed E-state index contributed by atoms with van der Waals surface area (Å²) in [4.78, 5) is 11.2. The molecule has 0 bridgehead atoms. The number of carbonyl (C=O) groups is 1. The third-order valence-corrected chi connectivity index (χ3v) is 4.66. The van der Waals surface area contributed by atoms with E-state index in [1.807, 2.05) is 13.8 Å². The van der Waals surface area contributed by atoms with Gasteiger partial charge in [-0.15, -0.1) is 0 Å². The molecular formula is C17H20FN3O3S. The maximum Gasteiger partial charge on any atom is 0.319 e. The first-order chi connectivity index (χ1) is 11.8. The van der Waals surface area contributed by atoms with Crippen molar-refractivity contribution in [1.29, 1.82) is 0 Å². The fourth-order valence-electron chi connectivity index (χ4n) is 2.05. The van der Waals surface area contributed by atoms with Gasteiger partial charge in [0.2, 0.25) is 10.0 Å². The van der Waals surface area contributed by atoms with Crippen molar-refractivity contribution in [3.05, 3.63) is 59.9 Å². The molecule has 2 aromatic rings. The van der Waals surface area contributed by atoms with E-state index in [1.165, 1.54) is 18.2 Å². The Hall–Kier alpha value is -2.45. The number of halogens is 1. The second-order valence-corrected chi connectivity index (χ2v) is 7.44. The SMILES string of the molecule is CC(C)NC(=O)Nc1ccc(CNS(=O)(=O)c2ccccc2F)cc1. The minimum atomic E-state index is -3.94. The fraction of sp³-hybridized carbons (Fsp3) is 0.235. The summed E-state index contributed by atoms with van der Waals surface area (Å²) < 4.78 is 40.2. The van der Waals surface area contributed by atoms with Gasteiger partial charge in [0, 0.05) is 18.3 Å². The van der Waals surface area contributed by atoms with Gasteiger partial charge in [-0.1, -0.05) is 24.3 Å². The number of benzene rings is 2. The van der Waals surface area contributed by atoms with E-state index in [0.717, 1.165) is 6.07 Å². The van der Waals surface area contributed by atoms with Gasteiger partial charge in [-0.25, -0.2) is 22.3 Å². The van der Waals surface area contributed by atoms with Crippen molar-refractivity contribution in [1.82, 2.24) is 10.0 Å². The van der Waals surface area contributed by atoms with Crippen LogP contribution in [0.5, 0.6) is 0 Å². The second-order valence-electron chi connectivity index (χ2n) is 5.71. The minimum absolute atomic E-state index is 0.00907. The predicted octanol–water partition coefficient (Wildman–Crippen LogP) is 2.83. The quantitative estimate of drug-likeness (QED) is 0.736. The highest BCUT2D eigenvalue weighted by molar-refractivity contribution is 7.89. The summed E-state index contributed by atoms with van der Waals surface area (Å²) in [5, 5.41) is 5.36. The normalized spacial score (nSPS) is 11.4. The van der Waals surface area contributed by atoms with Gasteiger partial charge in [0.1, 0.15) is 10.7 Å². The van der Waals surface area contributed by atoms with Crippen LogP contribution < -0.4 is 15.4 Å². The lowest BCUT2D eigenvalue weighted by molar-refractivity contribution is 0.250. The van der Waals surface area contributed by atoms with Crippen molar-refractivity contribution in [2.75, 3.05) is 5.32 Å². The first-order valence-corrected chi connectivity index (χ1v) is 9.17. The number of amides is 2. The summed E-state index contributed by atoms with van der Waals surface area (Å²) in [7, 11) is -3.94. The Morgan fingerprint density at radius 1 is 1.08 bits per heavy atom. The number of hydrogen-bond donors (Lipinski definition) is 3. The number of anilines is 1. The van der Waals surface area contributed by atoms with E-state index in [4.69, 9.17) is 0 Å². The van der Waals surface area contributed by atoms with Gasteiger partial charge in [0.15, 0.2) is 0 Å². The van der Waals surface area contributed by atoms with E-state index in [2.05, 4.69) is 15.4 Å². The summed E-state index contributed by atoms with van der Waals surface area (Å²) in [5.41, 5.74) is 1.26. The van der Waals surface area contributed by atoms with E-state index in [0.29, 0.717) is 11.3 Å². The molecule has 0 saturated carbocycles. The molecule has 0 atom stereocenters. The summed E-state index contributed by atoms with van der Waals surface area (Å²) in [6.07, 6.45) is 0. The summed E-state index contributed by atoms with van der Waals surface area (Å²) in [5.74, 6) is -0.800. The molecule has 2 amide bonds. The average Bonchev–Trinajstić information content (AvgIpc) is 2.53. The highest BCUT2D eigenvalue weighted by Crippen LogP contribution is 2.14.